The predicted octanol–water partition coefficient (Wildman–Crippen LogP) is 1.15. The van der Waals surface area contributed by atoms with Crippen LogP contribution in [0.4, 0.5) is 0 Å². The Hall–Kier alpha value is -0.850. The van der Waals surface area contributed by atoms with E-state index in [1.165, 1.54) is 18.4 Å². The van der Waals surface area contributed by atoms with Crippen molar-refractivity contribution < 1.29 is 12.8 Å². The zero-order chi connectivity index (χ0) is 14.2. The lowest BCUT2D eigenvalue weighted by Gasteiger charge is -2.32. The maximum absolute atomic E-state index is 11.6. The molecule has 0 aromatic carbocycles. The van der Waals surface area contributed by atoms with E-state index in [9.17, 15) is 8.42 Å². The van der Waals surface area contributed by atoms with E-state index < -0.39 is 9.84 Å². The average molecular weight is 298 g/mol. The molecule has 1 unspecified atom stereocenters. The van der Waals surface area contributed by atoms with Gasteiger partial charge in [0.25, 0.3) is 0 Å². The summed E-state index contributed by atoms with van der Waals surface area (Å²) < 4.78 is 28.8. The van der Waals surface area contributed by atoms with Crippen molar-refractivity contribution in [3.8, 4) is 0 Å². The first kappa shape index (κ1) is 14.1. The van der Waals surface area contributed by atoms with E-state index in [1.807, 2.05) is 13.0 Å². The van der Waals surface area contributed by atoms with Crippen LogP contribution in [0.1, 0.15) is 31.1 Å². The van der Waals surface area contributed by atoms with Gasteiger partial charge in [-0.3, -0.25) is 4.90 Å². The number of furan rings is 1. The summed E-state index contributed by atoms with van der Waals surface area (Å²) in [6.07, 6.45) is 4.25. The van der Waals surface area contributed by atoms with Crippen LogP contribution in [-0.2, 0) is 22.9 Å². The molecular weight excluding hydrogens is 276 g/mol. The van der Waals surface area contributed by atoms with Gasteiger partial charge in [-0.2, -0.15) is 0 Å². The third kappa shape index (κ3) is 3.42. The predicted molar refractivity (Wildman–Crippen MR) is 77.1 cm³/mol. The number of rotatable bonds is 5. The highest BCUT2D eigenvalue weighted by Gasteiger charge is 2.29. The van der Waals surface area contributed by atoms with E-state index in [-0.39, 0.29) is 17.5 Å². The molecule has 0 radical (unpaired) electrons. The monoisotopic (exact) mass is 298 g/mol. The van der Waals surface area contributed by atoms with Crippen LogP contribution in [0, 0.1) is 0 Å². The van der Waals surface area contributed by atoms with E-state index in [1.54, 1.807) is 6.26 Å². The number of nitrogens with zero attached hydrogens (tertiary/aromatic N) is 1. The third-order valence-electron chi connectivity index (χ3n) is 4.15. The van der Waals surface area contributed by atoms with Crippen molar-refractivity contribution in [2.75, 3.05) is 18.1 Å². The van der Waals surface area contributed by atoms with Crippen LogP contribution in [0.5, 0.6) is 0 Å². The lowest BCUT2D eigenvalue weighted by Crippen LogP contribution is -2.46. The van der Waals surface area contributed by atoms with E-state index in [0.29, 0.717) is 12.6 Å². The van der Waals surface area contributed by atoms with Gasteiger partial charge in [0, 0.05) is 30.7 Å². The fraction of sp³-hybridized carbons (Fsp3) is 0.714. The number of nitrogens with one attached hydrogen (secondary N) is 1. The molecule has 1 aromatic heterocycles. The van der Waals surface area contributed by atoms with Gasteiger partial charge in [0.05, 0.1) is 24.3 Å². The van der Waals surface area contributed by atoms with Crippen molar-refractivity contribution >= 4 is 9.84 Å². The molecule has 1 aliphatic carbocycles. The lowest BCUT2D eigenvalue weighted by atomic mass is 10.2. The summed E-state index contributed by atoms with van der Waals surface area (Å²) in [5.41, 5.74) is 1.17. The molecule has 1 atom stereocenters. The maximum Gasteiger partial charge on any atom is 0.153 e. The molecule has 1 saturated carbocycles. The molecule has 1 N–H and O–H groups in total. The van der Waals surface area contributed by atoms with Crippen LogP contribution < -0.4 is 5.32 Å². The molecular formula is C14H22N2O3S. The quantitative estimate of drug-likeness (QED) is 0.883. The van der Waals surface area contributed by atoms with Gasteiger partial charge in [-0.25, -0.2) is 8.42 Å². The number of hydrogen-bond donors (Lipinski definition) is 1. The molecule has 1 aliphatic heterocycles. The normalized spacial score (nSPS) is 26.8. The fourth-order valence-corrected chi connectivity index (χ4v) is 4.30. The Morgan fingerprint density at radius 3 is 2.95 bits per heavy atom. The van der Waals surface area contributed by atoms with Crippen LogP contribution in [0.15, 0.2) is 16.7 Å². The Morgan fingerprint density at radius 1 is 1.45 bits per heavy atom. The van der Waals surface area contributed by atoms with Gasteiger partial charge in [-0.05, 0) is 25.8 Å². The van der Waals surface area contributed by atoms with Crippen molar-refractivity contribution in [2.45, 2.75) is 44.9 Å². The van der Waals surface area contributed by atoms with Gasteiger partial charge in [-0.1, -0.05) is 0 Å². The zero-order valence-electron chi connectivity index (χ0n) is 11.8. The zero-order valence-corrected chi connectivity index (χ0v) is 12.7. The number of sulfone groups is 1. The Labute approximate surface area is 120 Å². The van der Waals surface area contributed by atoms with E-state index in [4.69, 9.17) is 4.42 Å². The highest BCUT2D eigenvalue weighted by atomic mass is 32.2. The van der Waals surface area contributed by atoms with Gasteiger partial charge < -0.3 is 9.73 Å². The second kappa shape index (κ2) is 5.50. The van der Waals surface area contributed by atoms with Crippen molar-refractivity contribution in [1.82, 2.24) is 10.2 Å². The van der Waals surface area contributed by atoms with Crippen LogP contribution in [0.25, 0.3) is 0 Å². The van der Waals surface area contributed by atoms with E-state index >= 15 is 0 Å². The molecule has 0 amide bonds. The first-order valence-corrected chi connectivity index (χ1v) is 9.09. The summed E-state index contributed by atoms with van der Waals surface area (Å²) in [5.74, 6) is 1.52. The molecule has 112 valence electrons. The lowest BCUT2D eigenvalue weighted by molar-refractivity contribution is 0.216. The van der Waals surface area contributed by atoms with Crippen molar-refractivity contribution in [1.29, 1.82) is 0 Å². The van der Waals surface area contributed by atoms with Crippen molar-refractivity contribution in [3.05, 3.63) is 23.7 Å². The molecule has 20 heavy (non-hydrogen) atoms. The second-order valence-corrected chi connectivity index (χ2v) is 8.19. The minimum absolute atomic E-state index is 0.0768. The summed E-state index contributed by atoms with van der Waals surface area (Å²) in [6.45, 7) is 4.14. The smallest absolute Gasteiger partial charge is 0.153 e. The molecule has 1 saturated heterocycles. The molecule has 5 nitrogen and oxygen atoms in total. The fourth-order valence-electron chi connectivity index (χ4n) is 2.67. The van der Waals surface area contributed by atoms with Gasteiger partial charge in [0.2, 0.25) is 0 Å². The largest absolute Gasteiger partial charge is 0.468 e. The Morgan fingerprint density at radius 2 is 2.25 bits per heavy atom. The SMILES string of the molecule is CC1CS(=O)(=O)CCN1Cc1ccoc1CNC1CC1. The van der Waals surface area contributed by atoms with Crippen molar-refractivity contribution in [2.24, 2.45) is 0 Å². The molecule has 2 aliphatic rings. The van der Waals surface area contributed by atoms with Gasteiger partial charge in [0.1, 0.15) is 5.76 Å². The van der Waals surface area contributed by atoms with Crippen molar-refractivity contribution in [3.63, 3.8) is 0 Å². The van der Waals surface area contributed by atoms with Crippen LogP contribution in [0.3, 0.4) is 0 Å². The molecule has 3 rings (SSSR count). The molecule has 2 fully saturated rings. The average Bonchev–Trinajstić information content (AvgIpc) is 3.10. The summed E-state index contributed by atoms with van der Waals surface area (Å²) in [4.78, 5) is 2.23. The van der Waals surface area contributed by atoms with Crippen LogP contribution in [-0.4, -0.2) is 43.5 Å². The topological polar surface area (TPSA) is 62.6 Å². The minimum atomic E-state index is -2.84. The Balaban J connectivity index is 1.61. The summed E-state index contributed by atoms with van der Waals surface area (Å²) in [6, 6.07) is 2.74. The summed E-state index contributed by atoms with van der Waals surface area (Å²) in [5, 5.41) is 3.45. The van der Waals surface area contributed by atoms with Crippen LogP contribution in [0.2, 0.25) is 0 Å². The highest BCUT2D eigenvalue weighted by molar-refractivity contribution is 7.91. The molecule has 0 bridgehead atoms. The van der Waals surface area contributed by atoms with E-state index in [2.05, 4.69) is 10.2 Å². The molecule has 2 heterocycles. The minimum Gasteiger partial charge on any atom is -0.468 e. The van der Waals surface area contributed by atoms with Gasteiger partial charge in [0.15, 0.2) is 9.84 Å². The highest BCUT2D eigenvalue weighted by Crippen LogP contribution is 2.22. The Kier molecular flexibility index (Phi) is 3.88. The third-order valence-corrected chi connectivity index (χ3v) is 5.94. The van der Waals surface area contributed by atoms with E-state index in [0.717, 1.165) is 18.8 Å². The number of hydrogen-bond acceptors (Lipinski definition) is 5. The first-order valence-electron chi connectivity index (χ1n) is 7.26. The molecule has 0 spiro atoms. The van der Waals surface area contributed by atoms with Crippen LogP contribution >= 0.6 is 0 Å². The molecule has 6 heteroatoms. The Bertz CT molecular complexity index is 563. The summed E-state index contributed by atoms with van der Waals surface area (Å²) >= 11 is 0. The standard InChI is InChI=1S/C14H22N2O3S/c1-11-10-20(17,18)7-5-16(11)9-12-4-6-19-14(12)8-15-13-2-3-13/h4,6,11,13,15H,2-3,5,7-10H2,1H3. The maximum atomic E-state index is 11.6. The molecule has 1 aromatic rings. The first-order chi connectivity index (χ1) is 9.53. The second-order valence-electron chi connectivity index (χ2n) is 5.96. The van der Waals surface area contributed by atoms with Gasteiger partial charge >= 0.3 is 0 Å². The van der Waals surface area contributed by atoms with Gasteiger partial charge in [-0.15, -0.1) is 0 Å². The summed E-state index contributed by atoms with van der Waals surface area (Å²) in [7, 11) is -2.84.